The van der Waals surface area contributed by atoms with E-state index in [9.17, 15) is 18.5 Å². The minimum absolute atomic E-state index is 0.0489. The van der Waals surface area contributed by atoms with Crippen molar-refractivity contribution in [3.8, 4) is 0 Å². The molecule has 1 N–H and O–H groups in total. The first kappa shape index (κ1) is 14.7. The minimum atomic E-state index is -3.84. The first-order valence-electron chi connectivity index (χ1n) is 5.42. The molecule has 0 atom stereocenters. The SMILES string of the molecule is O=[N+]([O-])c1cc(I)ccc1NS(=O)(=O)c1ccccc1. The van der Waals surface area contributed by atoms with Crippen molar-refractivity contribution in [2.24, 2.45) is 0 Å². The maximum atomic E-state index is 12.1. The number of sulfonamides is 1. The zero-order chi connectivity index (χ0) is 14.8. The maximum Gasteiger partial charge on any atom is 0.294 e. The Bertz CT molecular complexity index is 747. The molecule has 0 aliphatic rings. The molecule has 0 amide bonds. The Kier molecular flexibility index (Phi) is 4.23. The zero-order valence-electron chi connectivity index (χ0n) is 9.99. The number of benzene rings is 2. The molecule has 104 valence electrons. The second-order valence-corrected chi connectivity index (χ2v) is 6.77. The lowest BCUT2D eigenvalue weighted by Crippen LogP contribution is -2.14. The number of nitrogens with one attached hydrogen (secondary N) is 1. The van der Waals surface area contributed by atoms with E-state index in [1.807, 2.05) is 22.6 Å². The maximum absolute atomic E-state index is 12.1. The van der Waals surface area contributed by atoms with E-state index in [1.165, 1.54) is 24.3 Å². The van der Waals surface area contributed by atoms with Crippen LogP contribution in [0.15, 0.2) is 53.4 Å². The summed E-state index contributed by atoms with van der Waals surface area (Å²) in [7, 11) is -3.84. The molecule has 0 spiro atoms. The topological polar surface area (TPSA) is 89.3 Å². The number of anilines is 1. The second-order valence-electron chi connectivity index (χ2n) is 3.84. The van der Waals surface area contributed by atoms with Crippen LogP contribution in [-0.2, 0) is 10.0 Å². The highest BCUT2D eigenvalue weighted by Gasteiger charge is 2.20. The van der Waals surface area contributed by atoms with E-state index in [4.69, 9.17) is 0 Å². The van der Waals surface area contributed by atoms with Gasteiger partial charge in [0.1, 0.15) is 5.69 Å². The molecule has 0 unspecified atom stereocenters. The number of hydrogen-bond donors (Lipinski definition) is 1. The summed E-state index contributed by atoms with van der Waals surface area (Å²) < 4.78 is 27.1. The van der Waals surface area contributed by atoms with Gasteiger partial charge in [-0.3, -0.25) is 14.8 Å². The van der Waals surface area contributed by atoms with Crippen molar-refractivity contribution >= 4 is 44.0 Å². The Hall–Kier alpha value is -1.68. The number of nitro benzene ring substituents is 1. The summed E-state index contributed by atoms with van der Waals surface area (Å²) in [5.74, 6) is 0. The van der Waals surface area contributed by atoms with Crippen molar-refractivity contribution < 1.29 is 13.3 Å². The molecule has 0 aromatic heterocycles. The molecule has 6 nitrogen and oxygen atoms in total. The first-order chi connectivity index (χ1) is 9.40. The summed E-state index contributed by atoms with van der Waals surface area (Å²) in [5.41, 5.74) is -0.337. The van der Waals surface area contributed by atoms with Crippen LogP contribution in [-0.4, -0.2) is 13.3 Å². The van der Waals surface area contributed by atoms with Crippen molar-refractivity contribution in [1.82, 2.24) is 0 Å². The van der Waals surface area contributed by atoms with Crippen molar-refractivity contribution in [3.05, 3.63) is 62.2 Å². The Labute approximate surface area is 129 Å². The smallest absolute Gasteiger partial charge is 0.273 e. The minimum Gasteiger partial charge on any atom is -0.273 e. The van der Waals surface area contributed by atoms with E-state index >= 15 is 0 Å². The van der Waals surface area contributed by atoms with Gasteiger partial charge in [-0.15, -0.1) is 0 Å². The van der Waals surface area contributed by atoms with E-state index in [-0.39, 0.29) is 16.3 Å². The summed E-state index contributed by atoms with van der Waals surface area (Å²) in [6.45, 7) is 0. The van der Waals surface area contributed by atoms with Crippen LogP contribution in [0, 0.1) is 13.7 Å². The highest BCUT2D eigenvalue weighted by atomic mass is 127. The van der Waals surface area contributed by atoms with Crippen LogP contribution in [0.4, 0.5) is 11.4 Å². The average molecular weight is 404 g/mol. The molecule has 0 saturated carbocycles. The van der Waals surface area contributed by atoms with Gasteiger partial charge in [0.25, 0.3) is 15.7 Å². The largest absolute Gasteiger partial charge is 0.294 e. The average Bonchev–Trinajstić information content (AvgIpc) is 2.41. The van der Waals surface area contributed by atoms with Crippen LogP contribution >= 0.6 is 22.6 Å². The monoisotopic (exact) mass is 404 g/mol. The summed E-state index contributed by atoms with van der Waals surface area (Å²) >= 11 is 1.92. The van der Waals surface area contributed by atoms with E-state index in [1.54, 1.807) is 24.3 Å². The molecule has 2 aromatic rings. The number of nitrogens with zero attached hydrogens (tertiary/aromatic N) is 1. The highest BCUT2D eigenvalue weighted by Crippen LogP contribution is 2.28. The molecule has 0 heterocycles. The molecule has 2 rings (SSSR count). The Balaban J connectivity index is 2.43. The lowest BCUT2D eigenvalue weighted by atomic mass is 10.3. The number of halogens is 1. The molecule has 0 aliphatic heterocycles. The molecular formula is C12H9IN2O4S. The highest BCUT2D eigenvalue weighted by molar-refractivity contribution is 14.1. The summed E-state index contributed by atoms with van der Waals surface area (Å²) in [4.78, 5) is 10.4. The molecule has 0 bridgehead atoms. The van der Waals surface area contributed by atoms with Crippen LogP contribution in [0.1, 0.15) is 0 Å². The third kappa shape index (κ3) is 3.25. The molecule has 0 fully saturated rings. The Morgan fingerprint density at radius 3 is 2.35 bits per heavy atom. The van der Waals surface area contributed by atoms with Crippen LogP contribution in [0.2, 0.25) is 0 Å². The van der Waals surface area contributed by atoms with Crippen LogP contribution in [0.25, 0.3) is 0 Å². The molecule has 20 heavy (non-hydrogen) atoms. The fraction of sp³-hybridized carbons (Fsp3) is 0. The van der Waals surface area contributed by atoms with Gasteiger partial charge in [0, 0.05) is 9.64 Å². The fourth-order valence-electron chi connectivity index (χ4n) is 1.55. The molecule has 0 radical (unpaired) electrons. The lowest BCUT2D eigenvalue weighted by molar-refractivity contribution is -0.384. The van der Waals surface area contributed by atoms with Crippen molar-refractivity contribution in [2.75, 3.05) is 4.72 Å². The number of rotatable bonds is 4. The third-order valence-corrected chi connectivity index (χ3v) is 4.51. The van der Waals surface area contributed by atoms with E-state index in [2.05, 4.69) is 4.72 Å². The summed E-state index contributed by atoms with van der Waals surface area (Å²) in [6, 6.07) is 12.0. The third-order valence-electron chi connectivity index (χ3n) is 2.45. The number of nitro groups is 1. The first-order valence-corrected chi connectivity index (χ1v) is 7.98. The molecular weight excluding hydrogens is 395 g/mol. The van der Waals surface area contributed by atoms with Gasteiger partial charge in [-0.1, -0.05) is 18.2 Å². The van der Waals surface area contributed by atoms with Gasteiger partial charge < -0.3 is 0 Å². The van der Waals surface area contributed by atoms with Crippen molar-refractivity contribution in [2.45, 2.75) is 4.90 Å². The van der Waals surface area contributed by atoms with Gasteiger partial charge in [0.15, 0.2) is 0 Å². The standard InChI is InChI=1S/C12H9IN2O4S/c13-9-6-7-11(12(8-9)15(16)17)14-20(18,19)10-4-2-1-3-5-10/h1-8,14H. The normalized spacial score (nSPS) is 11.1. The van der Waals surface area contributed by atoms with Crippen LogP contribution in [0.3, 0.4) is 0 Å². The molecule has 8 heteroatoms. The van der Waals surface area contributed by atoms with Gasteiger partial charge in [-0.25, -0.2) is 8.42 Å². The predicted molar refractivity (Wildman–Crippen MR) is 83.1 cm³/mol. The van der Waals surface area contributed by atoms with Gasteiger partial charge in [-0.2, -0.15) is 0 Å². The Morgan fingerprint density at radius 1 is 1.10 bits per heavy atom. The summed E-state index contributed by atoms with van der Waals surface area (Å²) in [5, 5.41) is 11.0. The van der Waals surface area contributed by atoms with Gasteiger partial charge in [0.2, 0.25) is 0 Å². The van der Waals surface area contributed by atoms with Crippen LogP contribution < -0.4 is 4.72 Å². The van der Waals surface area contributed by atoms with Crippen molar-refractivity contribution in [1.29, 1.82) is 0 Å². The molecule has 0 aliphatic carbocycles. The van der Waals surface area contributed by atoms with Gasteiger partial charge >= 0.3 is 0 Å². The van der Waals surface area contributed by atoms with Gasteiger partial charge in [0.05, 0.1) is 9.82 Å². The van der Waals surface area contributed by atoms with E-state index < -0.39 is 14.9 Å². The Morgan fingerprint density at radius 2 is 1.75 bits per heavy atom. The van der Waals surface area contributed by atoms with Crippen LogP contribution in [0.5, 0.6) is 0 Å². The summed E-state index contributed by atoms with van der Waals surface area (Å²) in [6.07, 6.45) is 0. The molecule has 2 aromatic carbocycles. The fourth-order valence-corrected chi connectivity index (χ4v) is 3.12. The van der Waals surface area contributed by atoms with Crippen molar-refractivity contribution in [3.63, 3.8) is 0 Å². The van der Waals surface area contributed by atoms with Gasteiger partial charge in [-0.05, 0) is 46.9 Å². The molecule has 0 saturated heterocycles. The lowest BCUT2D eigenvalue weighted by Gasteiger charge is -2.08. The van der Waals surface area contributed by atoms with E-state index in [0.717, 1.165) is 0 Å². The van der Waals surface area contributed by atoms with E-state index in [0.29, 0.717) is 3.57 Å². The number of hydrogen-bond acceptors (Lipinski definition) is 4. The zero-order valence-corrected chi connectivity index (χ0v) is 13.0. The second kappa shape index (κ2) is 5.75. The predicted octanol–water partition coefficient (Wildman–Crippen LogP) is 3.00. The quantitative estimate of drug-likeness (QED) is 0.482.